The summed E-state index contributed by atoms with van der Waals surface area (Å²) in [7, 11) is 2.08. The minimum Gasteiger partial charge on any atom is -0.312 e. The van der Waals surface area contributed by atoms with Gasteiger partial charge in [0.15, 0.2) is 0 Å². The van der Waals surface area contributed by atoms with Crippen LogP contribution >= 0.6 is 0 Å². The van der Waals surface area contributed by atoms with Gasteiger partial charge in [-0.05, 0) is 19.0 Å². The summed E-state index contributed by atoms with van der Waals surface area (Å²) >= 11 is 0. The molecule has 1 aromatic heterocycles. The number of fused-ring (bicyclic) bond motifs is 3. The van der Waals surface area contributed by atoms with Gasteiger partial charge in [0.2, 0.25) is 0 Å². The van der Waals surface area contributed by atoms with Crippen molar-refractivity contribution in [1.82, 2.24) is 24.9 Å². The summed E-state index contributed by atoms with van der Waals surface area (Å²) in [6, 6.07) is 3.45. The number of aromatic nitrogens is 2. The molecule has 5 nitrogen and oxygen atoms in total. The van der Waals surface area contributed by atoms with Gasteiger partial charge in [0.25, 0.3) is 0 Å². The Morgan fingerprint density at radius 3 is 2.57 bits per heavy atom. The van der Waals surface area contributed by atoms with Crippen molar-refractivity contribution in [3.63, 3.8) is 0 Å². The maximum absolute atomic E-state index is 4.60. The lowest BCUT2D eigenvalue weighted by Gasteiger charge is -2.50. The lowest BCUT2D eigenvalue weighted by Crippen LogP contribution is -2.66. The smallest absolute Gasteiger partial charge is 0.0624 e. The lowest BCUT2D eigenvalue weighted by molar-refractivity contribution is -0.00313. The van der Waals surface area contributed by atoms with E-state index in [0.717, 1.165) is 19.4 Å². The fourth-order valence-electron chi connectivity index (χ4n) is 3.81. The quantitative estimate of drug-likeness (QED) is 0.828. The van der Waals surface area contributed by atoms with E-state index in [1.165, 1.54) is 44.1 Å². The van der Waals surface area contributed by atoms with Crippen molar-refractivity contribution in [2.45, 2.75) is 38.8 Å². The summed E-state index contributed by atoms with van der Waals surface area (Å²) in [5.74, 6) is 0. The van der Waals surface area contributed by atoms with Crippen LogP contribution in [0.3, 0.4) is 0 Å². The van der Waals surface area contributed by atoms with Gasteiger partial charge in [-0.25, -0.2) is 0 Å². The van der Waals surface area contributed by atoms with E-state index in [1.54, 1.807) is 0 Å². The van der Waals surface area contributed by atoms with Gasteiger partial charge < -0.3 is 5.32 Å². The van der Waals surface area contributed by atoms with Crippen LogP contribution in [0.15, 0.2) is 6.07 Å². The highest BCUT2D eigenvalue weighted by Gasteiger charge is 2.36. The molecular weight excluding hydrogens is 262 g/mol. The maximum atomic E-state index is 4.60. The Labute approximate surface area is 128 Å². The van der Waals surface area contributed by atoms with Crippen LogP contribution < -0.4 is 5.32 Å². The molecule has 1 N–H and O–H groups in total. The van der Waals surface area contributed by atoms with Gasteiger partial charge >= 0.3 is 0 Å². The number of likely N-dealkylation sites (N-methyl/N-ethyl adjacent to an activating group) is 1. The maximum Gasteiger partial charge on any atom is 0.0624 e. The molecule has 0 saturated carbocycles. The number of hydrogen-bond acceptors (Lipinski definition) is 4. The summed E-state index contributed by atoms with van der Waals surface area (Å²) in [5, 5.41) is 8.33. The molecule has 2 bridgehead atoms. The van der Waals surface area contributed by atoms with Crippen LogP contribution in [0.25, 0.3) is 0 Å². The van der Waals surface area contributed by atoms with Crippen molar-refractivity contribution < 1.29 is 0 Å². The van der Waals surface area contributed by atoms with Gasteiger partial charge in [0.05, 0.1) is 5.69 Å². The summed E-state index contributed by atoms with van der Waals surface area (Å²) < 4.78 is 2.07. The molecule has 118 valence electrons. The molecule has 0 spiro atoms. The second kappa shape index (κ2) is 6.46. The van der Waals surface area contributed by atoms with Crippen LogP contribution in [0.1, 0.15) is 25.2 Å². The van der Waals surface area contributed by atoms with Crippen molar-refractivity contribution in [3.05, 3.63) is 17.5 Å². The first-order valence-corrected chi connectivity index (χ1v) is 8.42. The van der Waals surface area contributed by atoms with Crippen molar-refractivity contribution in [2.75, 3.05) is 39.3 Å². The van der Waals surface area contributed by atoms with E-state index in [4.69, 9.17) is 0 Å². The SMILES string of the molecule is CCNC(Cc1cc(CC)nn1C)C1CN2CCN1CC2. The van der Waals surface area contributed by atoms with E-state index in [1.807, 2.05) is 0 Å². The fraction of sp³-hybridized carbons (Fsp3) is 0.812. The molecule has 0 aliphatic carbocycles. The average molecular weight is 291 g/mol. The summed E-state index contributed by atoms with van der Waals surface area (Å²) in [4.78, 5) is 5.31. The molecule has 4 rings (SSSR count). The predicted molar refractivity (Wildman–Crippen MR) is 85.6 cm³/mol. The summed E-state index contributed by atoms with van der Waals surface area (Å²) in [5.41, 5.74) is 2.56. The monoisotopic (exact) mass is 291 g/mol. The number of piperazine rings is 3. The van der Waals surface area contributed by atoms with E-state index < -0.39 is 0 Å². The van der Waals surface area contributed by atoms with E-state index in [0.29, 0.717) is 12.1 Å². The van der Waals surface area contributed by atoms with Crippen molar-refractivity contribution in [2.24, 2.45) is 7.05 Å². The molecule has 4 heterocycles. The Kier molecular flexibility index (Phi) is 4.62. The van der Waals surface area contributed by atoms with Crippen LogP contribution in [0, 0.1) is 0 Å². The minimum absolute atomic E-state index is 0.526. The molecule has 3 fully saturated rings. The van der Waals surface area contributed by atoms with Gasteiger partial charge in [-0.3, -0.25) is 14.5 Å². The number of aryl methyl sites for hydroxylation is 2. The zero-order valence-electron chi connectivity index (χ0n) is 13.7. The predicted octanol–water partition coefficient (Wildman–Crippen LogP) is 0.503. The highest BCUT2D eigenvalue weighted by atomic mass is 15.4. The number of rotatable bonds is 6. The third-order valence-corrected chi connectivity index (χ3v) is 5.07. The molecule has 5 heteroatoms. The number of hydrogen-bond donors (Lipinski definition) is 1. The average Bonchev–Trinajstić information content (AvgIpc) is 2.88. The number of nitrogens with zero attached hydrogens (tertiary/aromatic N) is 4. The van der Waals surface area contributed by atoms with Gasteiger partial charge in [0, 0.05) is 64.0 Å². The Balaban J connectivity index is 1.73. The molecule has 0 amide bonds. The van der Waals surface area contributed by atoms with E-state index >= 15 is 0 Å². The summed E-state index contributed by atoms with van der Waals surface area (Å²) in [6.07, 6.45) is 2.09. The zero-order valence-corrected chi connectivity index (χ0v) is 13.7. The van der Waals surface area contributed by atoms with Gasteiger partial charge in [0.1, 0.15) is 0 Å². The highest BCUT2D eigenvalue weighted by molar-refractivity contribution is 5.13. The first-order valence-electron chi connectivity index (χ1n) is 8.42. The standard InChI is InChI=1S/C16H29N5/c1-4-13-10-14(19(3)18-13)11-15(17-5-2)16-12-20-6-8-21(16)9-7-20/h10,15-17H,4-9,11-12H2,1-3H3. The zero-order chi connectivity index (χ0) is 14.8. The second-order valence-electron chi connectivity index (χ2n) is 6.38. The Bertz CT molecular complexity index is 461. The van der Waals surface area contributed by atoms with Crippen molar-refractivity contribution in [1.29, 1.82) is 0 Å². The van der Waals surface area contributed by atoms with Crippen molar-refractivity contribution in [3.8, 4) is 0 Å². The molecule has 2 atom stereocenters. The van der Waals surface area contributed by atoms with Crippen LogP contribution in [-0.4, -0.2) is 70.9 Å². The van der Waals surface area contributed by atoms with Gasteiger partial charge in [-0.1, -0.05) is 13.8 Å². The first-order chi connectivity index (χ1) is 10.2. The van der Waals surface area contributed by atoms with Crippen molar-refractivity contribution >= 4 is 0 Å². The van der Waals surface area contributed by atoms with Gasteiger partial charge in [-0.15, -0.1) is 0 Å². The summed E-state index contributed by atoms with van der Waals surface area (Å²) in [6.45, 7) is 11.6. The van der Waals surface area contributed by atoms with Crippen LogP contribution in [0.2, 0.25) is 0 Å². The minimum atomic E-state index is 0.526. The Morgan fingerprint density at radius 1 is 1.29 bits per heavy atom. The molecule has 2 unspecified atom stereocenters. The lowest BCUT2D eigenvalue weighted by atomic mass is 9.96. The van der Waals surface area contributed by atoms with Crippen LogP contribution in [-0.2, 0) is 19.9 Å². The molecule has 3 saturated heterocycles. The Morgan fingerprint density at radius 2 is 2.05 bits per heavy atom. The third-order valence-electron chi connectivity index (χ3n) is 5.07. The topological polar surface area (TPSA) is 36.3 Å². The fourth-order valence-corrected chi connectivity index (χ4v) is 3.81. The second-order valence-corrected chi connectivity index (χ2v) is 6.38. The normalized spacial score (nSPS) is 29.8. The molecule has 0 aromatic carbocycles. The molecule has 1 aromatic rings. The highest BCUT2D eigenvalue weighted by Crippen LogP contribution is 2.20. The van der Waals surface area contributed by atoms with Crippen LogP contribution in [0.5, 0.6) is 0 Å². The molecule has 21 heavy (non-hydrogen) atoms. The van der Waals surface area contributed by atoms with Gasteiger partial charge in [-0.2, -0.15) is 5.10 Å². The molecule has 3 aliphatic heterocycles. The van der Waals surface area contributed by atoms with E-state index in [2.05, 4.69) is 51.9 Å². The largest absolute Gasteiger partial charge is 0.312 e. The first kappa shape index (κ1) is 15.0. The Hall–Kier alpha value is -0.910. The molecule has 3 aliphatic rings. The van der Waals surface area contributed by atoms with E-state index in [-0.39, 0.29) is 0 Å². The molecule has 0 radical (unpaired) electrons. The molecular formula is C16H29N5. The van der Waals surface area contributed by atoms with Crippen LogP contribution in [0.4, 0.5) is 0 Å². The van der Waals surface area contributed by atoms with E-state index in [9.17, 15) is 0 Å². The third kappa shape index (κ3) is 3.15. The number of nitrogens with one attached hydrogen (secondary N) is 1.